The smallest absolute Gasteiger partial charge is 0.340 e. The first-order valence-corrected chi connectivity index (χ1v) is 8.57. The monoisotopic (exact) mass is 336 g/mol. The summed E-state index contributed by atoms with van der Waals surface area (Å²) in [5, 5.41) is 4.68. The van der Waals surface area contributed by atoms with Gasteiger partial charge in [-0.3, -0.25) is 4.79 Å². The van der Waals surface area contributed by atoms with Crippen molar-refractivity contribution in [1.82, 2.24) is 4.98 Å². The minimum Gasteiger partial charge on any atom is -0.462 e. The van der Waals surface area contributed by atoms with Gasteiger partial charge in [0.2, 0.25) is 5.91 Å². The number of esters is 1. The normalized spacial score (nSPS) is 10.3. The molecule has 2 rings (SSSR count). The molecule has 22 heavy (non-hydrogen) atoms. The van der Waals surface area contributed by atoms with Gasteiger partial charge in [-0.2, -0.15) is 0 Å². The van der Waals surface area contributed by atoms with Crippen LogP contribution in [0.1, 0.15) is 23.0 Å². The first-order chi connectivity index (χ1) is 10.6. The van der Waals surface area contributed by atoms with Crippen LogP contribution in [0.2, 0.25) is 0 Å². The van der Waals surface area contributed by atoms with Crippen molar-refractivity contribution in [2.75, 3.05) is 17.7 Å². The lowest BCUT2D eigenvalue weighted by atomic mass is 10.2. The fourth-order valence-corrected chi connectivity index (χ4v) is 3.34. The molecule has 1 aromatic carbocycles. The third-order valence-electron chi connectivity index (χ3n) is 2.62. The van der Waals surface area contributed by atoms with Crippen LogP contribution in [0.15, 0.2) is 34.0 Å². The zero-order chi connectivity index (χ0) is 15.9. The van der Waals surface area contributed by atoms with Crippen molar-refractivity contribution in [2.24, 2.45) is 0 Å². The molecule has 0 radical (unpaired) electrons. The first kappa shape index (κ1) is 16.5. The number of thiazole rings is 1. The molecule has 0 saturated heterocycles. The van der Waals surface area contributed by atoms with Gasteiger partial charge in [-0.05, 0) is 26.0 Å². The van der Waals surface area contributed by atoms with Crippen molar-refractivity contribution >= 4 is 40.7 Å². The number of aryl methyl sites for hydroxylation is 1. The molecule has 0 fully saturated rings. The van der Waals surface area contributed by atoms with E-state index in [4.69, 9.17) is 4.74 Å². The second-order valence-electron chi connectivity index (χ2n) is 4.36. The van der Waals surface area contributed by atoms with Crippen molar-refractivity contribution in [3.63, 3.8) is 0 Å². The quantitative estimate of drug-likeness (QED) is 0.647. The molecule has 0 aliphatic heterocycles. The fourth-order valence-electron chi connectivity index (χ4n) is 1.69. The summed E-state index contributed by atoms with van der Waals surface area (Å²) in [4.78, 5) is 28.1. The molecular formula is C15H16N2O3S2. The van der Waals surface area contributed by atoms with Crippen LogP contribution in [0.3, 0.4) is 0 Å². The lowest BCUT2D eigenvalue weighted by molar-refractivity contribution is -0.113. The number of para-hydroxylation sites is 1. The highest BCUT2D eigenvalue weighted by atomic mass is 32.2. The third-order valence-corrected chi connectivity index (χ3v) is 4.76. The van der Waals surface area contributed by atoms with Gasteiger partial charge in [0.1, 0.15) is 0 Å². The number of benzene rings is 1. The SMILES string of the molecule is CCOC(=O)c1ccccc1NC(=O)CSc1nc(C)cs1. The Labute approximate surface area is 137 Å². The summed E-state index contributed by atoms with van der Waals surface area (Å²) in [6.07, 6.45) is 0. The summed E-state index contributed by atoms with van der Waals surface area (Å²) >= 11 is 2.88. The summed E-state index contributed by atoms with van der Waals surface area (Å²) in [6.45, 7) is 3.95. The molecule has 2 aromatic rings. The molecule has 0 unspecified atom stereocenters. The molecule has 0 spiro atoms. The summed E-state index contributed by atoms with van der Waals surface area (Å²) in [5.74, 6) is -0.388. The second kappa shape index (κ2) is 7.95. The highest BCUT2D eigenvalue weighted by molar-refractivity contribution is 8.01. The molecule has 0 atom stereocenters. The van der Waals surface area contributed by atoms with E-state index in [0.29, 0.717) is 17.9 Å². The number of hydrogen-bond acceptors (Lipinski definition) is 6. The maximum Gasteiger partial charge on any atom is 0.340 e. The predicted octanol–water partition coefficient (Wildman–Crippen LogP) is 3.36. The van der Waals surface area contributed by atoms with Gasteiger partial charge in [0.15, 0.2) is 4.34 Å². The van der Waals surface area contributed by atoms with Gasteiger partial charge >= 0.3 is 5.97 Å². The molecule has 1 aromatic heterocycles. The van der Waals surface area contributed by atoms with Crippen molar-refractivity contribution in [3.8, 4) is 0 Å². The lowest BCUT2D eigenvalue weighted by Crippen LogP contribution is -2.17. The maximum absolute atomic E-state index is 12.0. The molecule has 1 heterocycles. The van der Waals surface area contributed by atoms with Gasteiger partial charge in [-0.15, -0.1) is 11.3 Å². The molecule has 7 heteroatoms. The first-order valence-electron chi connectivity index (χ1n) is 6.71. The van der Waals surface area contributed by atoms with E-state index in [1.165, 1.54) is 23.1 Å². The number of thioether (sulfide) groups is 1. The van der Waals surface area contributed by atoms with Crippen molar-refractivity contribution in [2.45, 2.75) is 18.2 Å². The number of nitrogens with zero attached hydrogens (tertiary/aromatic N) is 1. The van der Waals surface area contributed by atoms with Crippen LogP contribution < -0.4 is 5.32 Å². The summed E-state index contributed by atoms with van der Waals surface area (Å²) in [5.41, 5.74) is 1.76. The van der Waals surface area contributed by atoms with Gasteiger partial charge in [0.25, 0.3) is 0 Å². The van der Waals surface area contributed by atoms with E-state index >= 15 is 0 Å². The van der Waals surface area contributed by atoms with Crippen LogP contribution >= 0.6 is 23.1 Å². The minimum atomic E-state index is -0.443. The molecular weight excluding hydrogens is 320 g/mol. The van der Waals surface area contributed by atoms with Crippen LogP contribution in [0.4, 0.5) is 5.69 Å². The molecule has 1 N–H and O–H groups in total. The van der Waals surface area contributed by atoms with Gasteiger partial charge in [-0.25, -0.2) is 9.78 Å². The molecule has 0 aliphatic carbocycles. The average Bonchev–Trinajstić information content (AvgIpc) is 2.91. The Kier molecular flexibility index (Phi) is 5.97. The van der Waals surface area contributed by atoms with E-state index in [-0.39, 0.29) is 11.7 Å². The number of carbonyl (C=O) groups is 2. The van der Waals surface area contributed by atoms with Crippen LogP contribution in [0.5, 0.6) is 0 Å². The van der Waals surface area contributed by atoms with Crippen molar-refractivity contribution in [1.29, 1.82) is 0 Å². The van der Waals surface area contributed by atoms with E-state index in [9.17, 15) is 9.59 Å². The summed E-state index contributed by atoms with van der Waals surface area (Å²) in [6, 6.07) is 6.80. The number of carbonyl (C=O) groups excluding carboxylic acids is 2. The number of nitrogens with one attached hydrogen (secondary N) is 1. The summed E-state index contributed by atoms with van der Waals surface area (Å²) in [7, 11) is 0. The van der Waals surface area contributed by atoms with E-state index in [2.05, 4.69) is 10.3 Å². The average molecular weight is 336 g/mol. The van der Waals surface area contributed by atoms with Crippen LogP contribution in [0, 0.1) is 6.92 Å². The molecule has 5 nitrogen and oxygen atoms in total. The zero-order valence-electron chi connectivity index (χ0n) is 12.3. The Morgan fingerprint density at radius 3 is 2.82 bits per heavy atom. The Hall–Kier alpha value is -1.86. The highest BCUT2D eigenvalue weighted by Gasteiger charge is 2.14. The fraction of sp³-hybridized carbons (Fsp3) is 0.267. The molecule has 0 bridgehead atoms. The van der Waals surface area contributed by atoms with Gasteiger partial charge in [0, 0.05) is 11.1 Å². The maximum atomic E-state index is 12.0. The highest BCUT2D eigenvalue weighted by Crippen LogP contribution is 2.23. The van der Waals surface area contributed by atoms with Gasteiger partial charge in [-0.1, -0.05) is 23.9 Å². The molecule has 0 saturated carbocycles. The minimum absolute atomic E-state index is 0.186. The molecule has 0 aliphatic rings. The largest absolute Gasteiger partial charge is 0.462 e. The van der Waals surface area contributed by atoms with Gasteiger partial charge < -0.3 is 10.1 Å². The van der Waals surface area contributed by atoms with E-state index in [0.717, 1.165) is 10.0 Å². The standard InChI is InChI=1S/C15H16N2O3S2/c1-3-20-14(19)11-6-4-5-7-12(11)17-13(18)9-22-15-16-10(2)8-21-15/h4-8H,3,9H2,1-2H3,(H,17,18). The Balaban J connectivity index is 1.97. The predicted molar refractivity (Wildman–Crippen MR) is 88.6 cm³/mol. The van der Waals surface area contributed by atoms with Crippen molar-refractivity contribution in [3.05, 3.63) is 40.9 Å². The van der Waals surface area contributed by atoms with E-state index in [1.54, 1.807) is 31.2 Å². The zero-order valence-corrected chi connectivity index (χ0v) is 13.9. The number of anilines is 1. The number of rotatable bonds is 6. The topological polar surface area (TPSA) is 68.3 Å². The van der Waals surface area contributed by atoms with Crippen LogP contribution in [-0.4, -0.2) is 29.2 Å². The Morgan fingerprint density at radius 1 is 1.36 bits per heavy atom. The van der Waals surface area contributed by atoms with E-state index < -0.39 is 5.97 Å². The Bertz CT molecular complexity index is 670. The third kappa shape index (κ3) is 4.57. The molecule has 116 valence electrons. The number of hydrogen-bond donors (Lipinski definition) is 1. The number of amides is 1. The second-order valence-corrected chi connectivity index (χ2v) is 6.44. The van der Waals surface area contributed by atoms with Crippen LogP contribution in [-0.2, 0) is 9.53 Å². The van der Waals surface area contributed by atoms with Crippen LogP contribution in [0.25, 0.3) is 0 Å². The Morgan fingerprint density at radius 2 is 2.14 bits per heavy atom. The molecule has 1 amide bonds. The summed E-state index contributed by atoms with van der Waals surface area (Å²) < 4.78 is 5.83. The van der Waals surface area contributed by atoms with Crippen molar-refractivity contribution < 1.29 is 14.3 Å². The van der Waals surface area contributed by atoms with E-state index in [1.807, 2.05) is 12.3 Å². The van der Waals surface area contributed by atoms with Gasteiger partial charge in [0.05, 0.1) is 23.6 Å². The number of aromatic nitrogens is 1. The lowest BCUT2D eigenvalue weighted by Gasteiger charge is -2.09. The number of ether oxygens (including phenoxy) is 1.